The first-order chi connectivity index (χ1) is 36.3. The molecule has 17 nitrogen and oxygen atoms in total. The van der Waals surface area contributed by atoms with Gasteiger partial charge in [-0.15, -0.1) is 0 Å². The predicted molar refractivity (Wildman–Crippen MR) is 277 cm³/mol. The van der Waals surface area contributed by atoms with Crippen LogP contribution in [0.25, 0.3) is 45.3 Å². The molecule has 2 aliphatic heterocycles. The molecule has 10 rings (SSSR count). The summed E-state index contributed by atoms with van der Waals surface area (Å²) in [6.07, 6.45) is 11.8. The molecule has 0 saturated carbocycles. The van der Waals surface area contributed by atoms with Gasteiger partial charge in [-0.05, 0) is 110 Å². The molecule has 1 N–H and O–H groups in total. The maximum absolute atomic E-state index is 12.5. The van der Waals surface area contributed by atoms with Crippen LogP contribution in [0.15, 0.2) is 156 Å². The molecule has 0 aliphatic carbocycles. The van der Waals surface area contributed by atoms with E-state index in [4.69, 9.17) is 9.47 Å². The van der Waals surface area contributed by atoms with Gasteiger partial charge in [-0.2, -0.15) is 20.7 Å². The van der Waals surface area contributed by atoms with Gasteiger partial charge < -0.3 is 19.7 Å². The lowest BCUT2D eigenvalue weighted by atomic mass is 9.98. The largest absolute Gasteiger partial charge is 0.490 e. The fourth-order valence-corrected chi connectivity index (χ4v) is 8.67. The minimum atomic E-state index is -0.217. The highest BCUT2D eigenvalue weighted by atomic mass is 16.5. The van der Waals surface area contributed by atoms with E-state index in [9.17, 15) is 24.9 Å². The third-order valence-corrected chi connectivity index (χ3v) is 12.8. The van der Waals surface area contributed by atoms with E-state index in [2.05, 4.69) is 47.6 Å². The van der Waals surface area contributed by atoms with Crippen molar-refractivity contribution < 1.29 is 14.3 Å². The van der Waals surface area contributed by atoms with Crippen molar-refractivity contribution in [2.45, 2.75) is 38.8 Å². The lowest BCUT2D eigenvalue weighted by molar-refractivity contribution is -0.119. The van der Waals surface area contributed by atoms with Crippen molar-refractivity contribution >= 4 is 6.41 Å². The van der Waals surface area contributed by atoms with Crippen LogP contribution in [0.3, 0.4) is 0 Å². The molecule has 74 heavy (non-hydrogen) atoms. The molecule has 6 heterocycles. The summed E-state index contributed by atoms with van der Waals surface area (Å²) >= 11 is 0. The summed E-state index contributed by atoms with van der Waals surface area (Å²) in [7, 11) is 0. The molecule has 17 heteroatoms. The Bertz CT molecular complexity index is 3410. The molecule has 4 aromatic heterocycles. The summed E-state index contributed by atoms with van der Waals surface area (Å²) in [6, 6.07) is 40.3. The Kier molecular flexibility index (Phi) is 16.3. The van der Waals surface area contributed by atoms with E-state index in [-0.39, 0.29) is 17.7 Å². The molecule has 1 amide bonds. The Morgan fingerprint density at radius 2 is 0.986 bits per heavy atom. The average molecular weight is 985 g/mol. The fourth-order valence-electron chi connectivity index (χ4n) is 8.67. The molecule has 0 spiro atoms. The number of nitrogens with zero attached hydrogens (tertiary/aromatic N) is 11. The van der Waals surface area contributed by atoms with Gasteiger partial charge in [-0.1, -0.05) is 60.7 Å². The third kappa shape index (κ3) is 13.2. The van der Waals surface area contributed by atoms with Gasteiger partial charge in [0.2, 0.25) is 6.41 Å². The minimum absolute atomic E-state index is 0.202. The van der Waals surface area contributed by atoms with Gasteiger partial charge in [0.15, 0.2) is 23.1 Å². The molecule has 2 fully saturated rings. The minimum Gasteiger partial charge on any atom is -0.490 e. The van der Waals surface area contributed by atoms with Crippen LogP contribution in [0.4, 0.5) is 0 Å². The first-order valence-corrected chi connectivity index (χ1v) is 24.4. The summed E-state index contributed by atoms with van der Waals surface area (Å²) in [5.41, 5.74) is 6.92. The molecule has 4 aromatic carbocycles. The van der Waals surface area contributed by atoms with Crippen LogP contribution in [0, 0.1) is 34.5 Å². The molecule has 0 unspecified atom stereocenters. The SMILES string of the molecule is N#Cc1cccc(-c2ccc(=O)n(Cc3cccc(-c4ncc(OCC5CCN(C=O)CC5)cn4)c3)n2)c1.N#Cc1cccc(-c2ccc(=O)n(Cc3cccc(-c4ncc(OCC5CCNCC5)cn4)c3)n2)c1. The number of carbonyl (C=O) groups excluding carboxylic acids is 1. The standard InChI is InChI=1S/C29H26N6O3.C28H26N6O2/c30-15-22-3-1-5-24(13-22)27-7-8-28(37)35(33-27)18-23-4-2-6-25(14-23)29-31-16-26(17-32-29)38-19-21-9-11-34(20-36)12-10-21;29-15-21-3-1-5-23(13-21)26-7-8-27(35)34(33-26)18-22-4-2-6-24(14-22)28-31-16-25(17-32-28)36-19-20-9-11-30-12-10-20/h1-8,13-14,16-17,20-21H,9-12,18-19H2;1-8,13-14,16-17,20,30H,9-12,18-19H2. The molecule has 0 atom stereocenters. The van der Waals surface area contributed by atoms with Gasteiger partial charge in [-0.3, -0.25) is 14.4 Å². The second kappa shape index (κ2) is 24.3. The number of hydrogen-bond donors (Lipinski definition) is 1. The normalized spacial score (nSPS) is 13.7. The van der Waals surface area contributed by atoms with Crippen LogP contribution in [0.1, 0.15) is 47.9 Å². The van der Waals surface area contributed by atoms with Crippen LogP contribution in [-0.2, 0) is 17.9 Å². The Hall–Kier alpha value is -9.19. The zero-order chi connectivity index (χ0) is 51.1. The lowest BCUT2D eigenvalue weighted by Gasteiger charge is -2.28. The van der Waals surface area contributed by atoms with E-state index < -0.39 is 0 Å². The molecular weight excluding hydrogens is 933 g/mol. The van der Waals surface area contributed by atoms with Gasteiger partial charge in [0.1, 0.15) is 0 Å². The first-order valence-electron chi connectivity index (χ1n) is 24.4. The van der Waals surface area contributed by atoms with Crippen molar-refractivity contribution in [1.82, 2.24) is 49.7 Å². The van der Waals surface area contributed by atoms with Gasteiger partial charge in [0.25, 0.3) is 11.1 Å². The number of ether oxygens (including phenoxy) is 2. The number of carbonyl (C=O) groups is 1. The smallest absolute Gasteiger partial charge is 0.267 e. The van der Waals surface area contributed by atoms with Crippen molar-refractivity contribution in [3.63, 3.8) is 0 Å². The highest BCUT2D eigenvalue weighted by Gasteiger charge is 2.19. The fraction of sp³-hybridized carbons (Fsp3) is 0.246. The second-order valence-corrected chi connectivity index (χ2v) is 18.1. The van der Waals surface area contributed by atoms with E-state index >= 15 is 0 Å². The number of rotatable bonds is 15. The monoisotopic (exact) mass is 984 g/mol. The van der Waals surface area contributed by atoms with Crippen molar-refractivity contribution in [1.29, 1.82) is 10.5 Å². The maximum Gasteiger partial charge on any atom is 0.267 e. The number of amides is 1. The number of nitrogens with one attached hydrogen (secondary N) is 1. The van der Waals surface area contributed by atoms with Gasteiger partial charge in [-0.25, -0.2) is 29.3 Å². The van der Waals surface area contributed by atoms with Crippen molar-refractivity contribution in [3.05, 3.63) is 189 Å². The number of nitriles is 2. The topological polar surface area (TPSA) is 220 Å². The third-order valence-electron chi connectivity index (χ3n) is 12.8. The summed E-state index contributed by atoms with van der Waals surface area (Å²) in [5, 5.41) is 30.8. The van der Waals surface area contributed by atoms with Crippen LogP contribution < -0.4 is 25.9 Å². The van der Waals surface area contributed by atoms with E-state index in [0.717, 1.165) is 91.7 Å². The van der Waals surface area contributed by atoms with Crippen molar-refractivity contribution in [2.24, 2.45) is 11.8 Å². The number of benzene rings is 4. The van der Waals surface area contributed by atoms with Crippen molar-refractivity contribution in [2.75, 3.05) is 39.4 Å². The van der Waals surface area contributed by atoms with E-state index in [1.165, 1.54) is 21.5 Å². The Labute approximate surface area is 427 Å². The van der Waals surface area contributed by atoms with E-state index in [1.807, 2.05) is 60.7 Å². The Morgan fingerprint density at radius 3 is 1.43 bits per heavy atom. The second-order valence-electron chi connectivity index (χ2n) is 18.1. The van der Waals surface area contributed by atoms with Gasteiger partial charge >= 0.3 is 0 Å². The van der Waals surface area contributed by atoms with Crippen LogP contribution >= 0.6 is 0 Å². The quantitative estimate of drug-likeness (QED) is 0.100. The summed E-state index contributed by atoms with van der Waals surface area (Å²) in [4.78, 5) is 55.6. The number of aromatic nitrogens is 8. The highest BCUT2D eigenvalue weighted by Crippen LogP contribution is 2.24. The molecule has 2 aliphatic rings. The van der Waals surface area contributed by atoms with Crippen LogP contribution in [-0.4, -0.2) is 90.2 Å². The summed E-state index contributed by atoms with van der Waals surface area (Å²) in [5.74, 6) is 3.40. The Balaban J connectivity index is 0.000000182. The average Bonchev–Trinajstić information content (AvgIpc) is 3.46. The van der Waals surface area contributed by atoms with E-state index in [1.54, 1.807) is 78.2 Å². The van der Waals surface area contributed by atoms with Gasteiger partial charge in [0.05, 0.1) is 85.7 Å². The van der Waals surface area contributed by atoms with Gasteiger partial charge in [0, 0.05) is 47.5 Å². The molecule has 2 saturated heterocycles. The lowest BCUT2D eigenvalue weighted by Crippen LogP contribution is -2.34. The first kappa shape index (κ1) is 49.8. The molecule has 0 bridgehead atoms. The summed E-state index contributed by atoms with van der Waals surface area (Å²) < 4.78 is 14.6. The zero-order valence-corrected chi connectivity index (χ0v) is 40.5. The Morgan fingerprint density at radius 1 is 0.554 bits per heavy atom. The number of hydrogen-bond acceptors (Lipinski definition) is 14. The van der Waals surface area contributed by atoms with Crippen LogP contribution in [0.2, 0.25) is 0 Å². The predicted octanol–water partition coefficient (Wildman–Crippen LogP) is 7.20. The highest BCUT2D eigenvalue weighted by molar-refractivity contribution is 5.62. The van der Waals surface area contributed by atoms with Crippen molar-refractivity contribution in [3.8, 4) is 68.9 Å². The van der Waals surface area contributed by atoms with Crippen LogP contribution in [0.5, 0.6) is 11.5 Å². The zero-order valence-electron chi connectivity index (χ0n) is 40.5. The van der Waals surface area contributed by atoms with E-state index in [0.29, 0.717) is 77.3 Å². The molecule has 8 aromatic rings. The number of likely N-dealkylation sites (tertiary alicyclic amines) is 1. The molecule has 0 radical (unpaired) electrons. The summed E-state index contributed by atoms with van der Waals surface area (Å²) in [6.45, 7) is 5.46. The molecular formula is C57H52N12O5. The number of piperidine rings is 2. The molecule has 370 valence electrons. The maximum atomic E-state index is 12.5.